The van der Waals surface area contributed by atoms with E-state index in [2.05, 4.69) is 90.2 Å². The summed E-state index contributed by atoms with van der Waals surface area (Å²) >= 11 is 1.89. The van der Waals surface area contributed by atoms with Crippen molar-refractivity contribution in [3.8, 4) is 21.6 Å². The first-order valence-corrected chi connectivity index (χ1v) is 9.62. The molecule has 4 aromatic carbocycles. The second-order valence-electron chi connectivity index (χ2n) is 6.68. The van der Waals surface area contributed by atoms with Crippen LogP contribution < -0.4 is 5.32 Å². The Hall–Kier alpha value is -3.10. The summed E-state index contributed by atoms with van der Waals surface area (Å²) in [6.07, 6.45) is 0. The van der Waals surface area contributed by atoms with Crippen molar-refractivity contribution in [2.24, 2.45) is 0 Å². The van der Waals surface area contributed by atoms with Crippen molar-refractivity contribution in [2.45, 2.75) is 0 Å². The molecule has 2 heterocycles. The van der Waals surface area contributed by atoms with Gasteiger partial charge < -0.3 is 5.32 Å². The van der Waals surface area contributed by atoms with Gasteiger partial charge in [-0.05, 0) is 29.0 Å². The molecule has 1 N–H and O–H groups in total. The second-order valence-corrected chi connectivity index (χ2v) is 7.73. The lowest BCUT2D eigenvalue weighted by molar-refractivity contribution is 1.59. The molecule has 0 aliphatic carbocycles. The lowest BCUT2D eigenvalue weighted by atomic mass is 9.94. The minimum Gasteiger partial charge on any atom is -0.354 e. The maximum absolute atomic E-state index is 3.70. The van der Waals surface area contributed by atoms with Gasteiger partial charge in [-0.3, -0.25) is 0 Å². The summed E-state index contributed by atoms with van der Waals surface area (Å²) in [7, 11) is 0. The normalized spacial score (nSPS) is 12.2. The highest BCUT2D eigenvalue weighted by Gasteiger charge is 2.24. The van der Waals surface area contributed by atoms with Crippen LogP contribution in [-0.2, 0) is 0 Å². The van der Waals surface area contributed by atoms with Gasteiger partial charge in [-0.15, -0.1) is 11.3 Å². The molecule has 6 rings (SSSR count). The van der Waals surface area contributed by atoms with Crippen LogP contribution in [0.3, 0.4) is 0 Å². The molecule has 0 amide bonds. The Balaban J connectivity index is 1.87. The highest BCUT2D eigenvalue weighted by Crippen LogP contribution is 2.53. The first-order chi connectivity index (χ1) is 12.9. The molecule has 1 aliphatic rings. The third-order valence-corrected chi connectivity index (χ3v) is 6.42. The lowest BCUT2D eigenvalue weighted by Gasteiger charge is -2.13. The molecule has 0 bridgehead atoms. The van der Waals surface area contributed by atoms with E-state index in [9.17, 15) is 0 Å². The van der Waals surface area contributed by atoms with Crippen molar-refractivity contribution < 1.29 is 0 Å². The molecule has 1 aliphatic heterocycles. The van der Waals surface area contributed by atoms with E-state index in [1.807, 2.05) is 11.3 Å². The molecule has 0 unspecified atom stereocenters. The Kier molecular flexibility index (Phi) is 2.82. The van der Waals surface area contributed by atoms with E-state index >= 15 is 0 Å². The zero-order valence-corrected chi connectivity index (χ0v) is 14.8. The van der Waals surface area contributed by atoms with Crippen LogP contribution in [0.5, 0.6) is 0 Å². The second kappa shape index (κ2) is 5.20. The molecular weight excluding hydrogens is 334 g/mol. The van der Waals surface area contributed by atoms with Gasteiger partial charge in [0.2, 0.25) is 0 Å². The van der Waals surface area contributed by atoms with Crippen molar-refractivity contribution >= 4 is 43.6 Å². The molecular formula is C24H15NS. The maximum Gasteiger partial charge on any atom is 0.0472 e. The van der Waals surface area contributed by atoms with Gasteiger partial charge in [0.15, 0.2) is 0 Å². The Labute approximate surface area is 155 Å². The summed E-state index contributed by atoms with van der Waals surface area (Å²) < 4.78 is 1.34. The highest BCUT2D eigenvalue weighted by molar-refractivity contribution is 7.23. The molecule has 0 fully saturated rings. The number of anilines is 2. The Bertz CT molecular complexity index is 1310. The third kappa shape index (κ3) is 1.85. The van der Waals surface area contributed by atoms with Crippen molar-refractivity contribution in [1.82, 2.24) is 0 Å². The number of rotatable bonds is 0. The molecule has 26 heavy (non-hydrogen) atoms. The zero-order chi connectivity index (χ0) is 17.1. The topological polar surface area (TPSA) is 12.0 Å². The summed E-state index contributed by atoms with van der Waals surface area (Å²) in [4.78, 5) is 1.35. The standard InChI is InChI=1S/C24H15NS/c1-2-8-16-15(7-1)13-14-20-22(16)23-18-10-4-6-12-21(18)26-24(23)17-9-3-5-11-19(17)25-20/h1-14,25H. The predicted octanol–water partition coefficient (Wildman–Crippen LogP) is 7.45. The number of thiophene rings is 1. The predicted molar refractivity (Wildman–Crippen MR) is 113 cm³/mol. The molecule has 0 radical (unpaired) electrons. The SMILES string of the molecule is c1ccc2c(c1)Nc1ccc3ccccc3c1-c1c-2sc2ccccc12. The number of nitrogens with one attached hydrogen (secondary N) is 1. The minimum absolute atomic E-state index is 1.18. The van der Waals surface area contributed by atoms with Gasteiger partial charge >= 0.3 is 0 Å². The molecule has 5 aromatic rings. The fourth-order valence-corrected chi connectivity index (χ4v) is 5.31. The van der Waals surface area contributed by atoms with Gasteiger partial charge in [0.05, 0.1) is 0 Å². The smallest absolute Gasteiger partial charge is 0.0472 e. The summed E-state index contributed by atoms with van der Waals surface area (Å²) in [6, 6.07) is 30.5. The van der Waals surface area contributed by atoms with Crippen LogP contribution in [0.2, 0.25) is 0 Å². The maximum atomic E-state index is 3.70. The molecule has 2 heteroatoms. The van der Waals surface area contributed by atoms with Crippen LogP contribution >= 0.6 is 11.3 Å². The van der Waals surface area contributed by atoms with Crippen molar-refractivity contribution in [1.29, 1.82) is 0 Å². The molecule has 0 spiro atoms. The zero-order valence-electron chi connectivity index (χ0n) is 14.0. The average Bonchev–Trinajstić information content (AvgIpc) is 3.00. The van der Waals surface area contributed by atoms with Crippen molar-refractivity contribution in [3.63, 3.8) is 0 Å². The van der Waals surface area contributed by atoms with Crippen LogP contribution in [0.1, 0.15) is 0 Å². The Morgan fingerprint density at radius 1 is 0.577 bits per heavy atom. The first kappa shape index (κ1) is 14.1. The van der Waals surface area contributed by atoms with Crippen LogP contribution in [0.4, 0.5) is 11.4 Å². The van der Waals surface area contributed by atoms with Gasteiger partial charge in [0.1, 0.15) is 0 Å². The molecule has 0 atom stereocenters. The van der Waals surface area contributed by atoms with Gasteiger partial charge in [-0.25, -0.2) is 0 Å². The minimum atomic E-state index is 1.18. The van der Waals surface area contributed by atoms with Crippen LogP contribution in [-0.4, -0.2) is 0 Å². The van der Waals surface area contributed by atoms with E-state index in [1.165, 1.54) is 53.8 Å². The van der Waals surface area contributed by atoms with E-state index < -0.39 is 0 Å². The quantitative estimate of drug-likeness (QED) is 0.300. The van der Waals surface area contributed by atoms with Crippen molar-refractivity contribution in [3.05, 3.63) is 84.9 Å². The number of hydrogen-bond acceptors (Lipinski definition) is 2. The summed E-state index contributed by atoms with van der Waals surface area (Å²) in [5.74, 6) is 0. The Morgan fingerprint density at radius 2 is 1.35 bits per heavy atom. The van der Waals surface area contributed by atoms with Gasteiger partial charge in [-0.2, -0.15) is 0 Å². The van der Waals surface area contributed by atoms with Gasteiger partial charge in [-0.1, -0.05) is 66.7 Å². The highest BCUT2D eigenvalue weighted by atomic mass is 32.1. The number of hydrogen-bond donors (Lipinski definition) is 1. The molecule has 0 saturated carbocycles. The van der Waals surface area contributed by atoms with E-state index in [0.717, 1.165) is 0 Å². The van der Waals surface area contributed by atoms with E-state index in [0.29, 0.717) is 0 Å². The number of fused-ring (bicyclic) bond motifs is 9. The fraction of sp³-hybridized carbons (Fsp3) is 0. The summed E-state index contributed by atoms with van der Waals surface area (Å²) in [5, 5.41) is 7.62. The van der Waals surface area contributed by atoms with E-state index in [1.54, 1.807) is 0 Å². The average molecular weight is 349 g/mol. The molecule has 1 aromatic heterocycles. The lowest BCUT2D eigenvalue weighted by Crippen LogP contribution is -1.92. The third-order valence-electron chi connectivity index (χ3n) is 5.22. The monoisotopic (exact) mass is 349 g/mol. The van der Waals surface area contributed by atoms with Crippen LogP contribution in [0.25, 0.3) is 42.4 Å². The van der Waals surface area contributed by atoms with Gasteiger partial charge in [0.25, 0.3) is 0 Å². The molecule has 1 nitrogen and oxygen atoms in total. The number of para-hydroxylation sites is 1. The largest absolute Gasteiger partial charge is 0.354 e. The van der Waals surface area contributed by atoms with E-state index in [4.69, 9.17) is 0 Å². The summed E-state index contributed by atoms with van der Waals surface area (Å²) in [5.41, 5.74) is 6.30. The van der Waals surface area contributed by atoms with Crippen LogP contribution in [0.15, 0.2) is 84.9 Å². The molecule has 122 valence electrons. The Morgan fingerprint density at radius 3 is 2.31 bits per heavy atom. The first-order valence-electron chi connectivity index (χ1n) is 8.80. The van der Waals surface area contributed by atoms with Crippen molar-refractivity contribution in [2.75, 3.05) is 5.32 Å². The molecule has 0 saturated heterocycles. The number of benzene rings is 4. The summed E-state index contributed by atoms with van der Waals surface area (Å²) in [6.45, 7) is 0. The fourth-order valence-electron chi connectivity index (χ4n) is 4.06. The van der Waals surface area contributed by atoms with Crippen LogP contribution in [0, 0.1) is 0 Å². The van der Waals surface area contributed by atoms with Gasteiger partial charge in [0, 0.05) is 43.0 Å². The van der Waals surface area contributed by atoms with E-state index in [-0.39, 0.29) is 0 Å².